The smallest absolute Gasteiger partial charge is 0.262 e. The van der Waals surface area contributed by atoms with Gasteiger partial charge in [0.25, 0.3) is 5.91 Å². The molecule has 0 bridgehead atoms. The average Bonchev–Trinajstić information content (AvgIpc) is 2.52. The molecule has 0 spiro atoms. The maximum absolute atomic E-state index is 11.4. The number of nitrogens with one attached hydrogen (secondary N) is 2. The van der Waals surface area contributed by atoms with Crippen molar-refractivity contribution in [2.75, 3.05) is 18.5 Å². The van der Waals surface area contributed by atoms with Gasteiger partial charge in [-0.2, -0.15) is 0 Å². The second-order valence-electron chi connectivity index (χ2n) is 4.87. The van der Waals surface area contributed by atoms with E-state index < -0.39 is 0 Å². The van der Waals surface area contributed by atoms with Gasteiger partial charge in [0.05, 0.1) is 11.7 Å². The molecular weight excluding hydrogens is 266 g/mol. The van der Waals surface area contributed by atoms with Crippen LogP contribution in [0.3, 0.4) is 0 Å². The number of nitrogens with zero attached hydrogens (tertiary/aromatic N) is 1. The standard InChI is InChI=1S/C16H17N3O2/c1-2-18-16(12-4-3-7-17-9-12)11-5-6-14-13(8-11)19-15(20)10-21-14/h3-9,16,18H,2,10H2,1H3,(H,19,20). The van der Waals surface area contributed by atoms with Gasteiger partial charge in [0, 0.05) is 12.4 Å². The van der Waals surface area contributed by atoms with Crippen molar-refractivity contribution in [2.45, 2.75) is 13.0 Å². The van der Waals surface area contributed by atoms with E-state index in [1.54, 1.807) is 6.20 Å². The van der Waals surface area contributed by atoms with Crippen LogP contribution in [0.1, 0.15) is 24.1 Å². The van der Waals surface area contributed by atoms with Crippen molar-refractivity contribution < 1.29 is 9.53 Å². The van der Waals surface area contributed by atoms with Crippen LogP contribution in [0.5, 0.6) is 5.75 Å². The van der Waals surface area contributed by atoms with E-state index in [2.05, 4.69) is 22.5 Å². The van der Waals surface area contributed by atoms with Gasteiger partial charge >= 0.3 is 0 Å². The average molecular weight is 283 g/mol. The molecule has 2 aromatic rings. The minimum atomic E-state index is -0.124. The van der Waals surface area contributed by atoms with Crippen LogP contribution >= 0.6 is 0 Å². The van der Waals surface area contributed by atoms with E-state index in [1.807, 2.05) is 36.5 Å². The largest absolute Gasteiger partial charge is 0.482 e. The number of hydrogen-bond donors (Lipinski definition) is 2. The van der Waals surface area contributed by atoms with E-state index in [1.165, 1.54) is 0 Å². The quantitative estimate of drug-likeness (QED) is 0.902. The summed E-state index contributed by atoms with van der Waals surface area (Å²) in [5.74, 6) is 0.584. The summed E-state index contributed by atoms with van der Waals surface area (Å²) >= 11 is 0. The first-order chi connectivity index (χ1) is 10.3. The lowest BCUT2D eigenvalue weighted by molar-refractivity contribution is -0.118. The van der Waals surface area contributed by atoms with Gasteiger partial charge in [-0.15, -0.1) is 0 Å². The monoisotopic (exact) mass is 283 g/mol. The summed E-state index contributed by atoms with van der Waals surface area (Å²) in [4.78, 5) is 15.6. The number of rotatable bonds is 4. The third-order valence-corrected chi connectivity index (χ3v) is 3.40. The van der Waals surface area contributed by atoms with Crippen LogP contribution in [-0.2, 0) is 4.79 Å². The summed E-state index contributed by atoms with van der Waals surface area (Å²) < 4.78 is 5.39. The molecule has 108 valence electrons. The Bertz CT molecular complexity index is 643. The van der Waals surface area contributed by atoms with Gasteiger partial charge in [-0.3, -0.25) is 9.78 Å². The molecule has 0 saturated carbocycles. The minimum absolute atomic E-state index is 0.0350. The summed E-state index contributed by atoms with van der Waals surface area (Å²) in [6, 6.07) is 9.85. The fourth-order valence-corrected chi connectivity index (χ4v) is 2.46. The molecule has 0 saturated heterocycles. The topological polar surface area (TPSA) is 63.2 Å². The van der Waals surface area contributed by atoms with Crippen LogP contribution in [0.15, 0.2) is 42.7 Å². The van der Waals surface area contributed by atoms with Crippen molar-refractivity contribution in [3.8, 4) is 5.75 Å². The van der Waals surface area contributed by atoms with Crippen molar-refractivity contribution in [3.05, 3.63) is 53.9 Å². The number of anilines is 1. The number of benzene rings is 1. The molecule has 1 aromatic carbocycles. The van der Waals surface area contributed by atoms with Crippen LogP contribution in [0.2, 0.25) is 0 Å². The van der Waals surface area contributed by atoms with Crippen molar-refractivity contribution in [3.63, 3.8) is 0 Å². The maximum atomic E-state index is 11.4. The molecule has 1 unspecified atom stereocenters. The van der Waals surface area contributed by atoms with E-state index >= 15 is 0 Å². The number of fused-ring (bicyclic) bond motifs is 1. The molecule has 0 fully saturated rings. The molecule has 0 aliphatic carbocycles. The second kappa shape index (κ2) is 5.93. The van der Waals surface area contributed by atoms with Crippen molar-refractivity contribution >= 4 is 11.6 Å². The highest BCUT2D eigenvalue weighted by Gasteiger charge is 2.19. The van der Waals surface area contributed by atoms with Gasteiger partial charge in [0.1, 0.15) is 5.75 Å². The molecule has 21 heavy (non-hydrogen) atoms. The van der Waals surface area contributed by atoms with Gasteiger partial charge in [-0.05, 0) is 35.9 Å². The Hall–Kier alpha value is -2.40. The van der Waals surface area contributed by atoms with Gasteiger partial charge in [0.15, 0.2) is 6.61 Å². The highest BCUT2D eigenvalue weighted by atomic mass is 16.5. The lowest BCUT2D eigenvalue weighted by atomic mass is 9.99. The predicted octanol–water partition coefficient (Wildman–Crippen LogP) is 2.11. The zero-order valence-electron chi connectivity index (χ0n) is 11.8. The van der Waals surface area contributed by atoms with E-state index in [4.69, 9.17) is 4.74 Å². The van der Waals surface area contributed by atoms with Crippen LogP contribution in [0, 0.1) is 0 Å². The molecular formula is C16H17N3O2. The summed E-state index contributed by atoms with van der Waals surface area (Å²) in [7, 11) is 0. The number of ether oxygens (including phenoxy) is 1. The highest BCUT2D eigenvalue weighted by Crippen LogP contribution is 2.32. The first kappa shape index (κ1) is 13.6. The molecule has 2 N–H and O–H groups in total. The maximum Gasteiger partial charge on any atom is 0.262 e. The van der Waals surface area contributed by atoms with Gasteiger partial charge in [0.2, 0.25) is 0 Å². The van der Waals surface area contributed by atoms with Crippen LogP contribution < -0.4 is 15.4 Å². The number of pyridine rings is 1. The number of aromatic nitrogens is 1. The van der Waals surface area contributed by atoms with Crippen molar-refractivity contribution in [1.82, 2.24) is 10.3 Å². The number of amides is 1. The summed E-state index contributed by atoms with van der Waals surface area (Å²) in [6.07, 6.45) is 3.61. The normalized spacial score (nSPS) is 14.8. The molecule has 2 heterocycles. The first-order valence-electron chi connectivity index (χ1n) is 6.98. The Morgan fingerprint density at radius 3 is 3.05 bits per heavy atom. The Kier molecular flexibility index (Phi) is 3.83. The van der Waals surface area contributed by atoms with E-state index in [9.17, 15) is 4.79 Å². The molecule has 1 aliphatic rings. The molecule has 3 rings (SSSR count). The zero-order valence-corrected chi connectivity index (χ0v) is 11.8. The Labute approximate surface area is 123 Å². The molecule has 1 aliphatic heterocycles. The predicted molar refractivity (Wildman–Crippen MR) is 80.3 cm³/mol. The van der Waals surface area contributed by atoms with Crippen LogP contribution in [0.4, 0.5) is 5.69 Å². The van der Waals surface area contributed by atoms with Gasteiger partial charge < -0.3 is 15.4 Å². The minimum Gasteiger partial charge on any atom is -0.482 e. The molecule has 0 radical (unpaired) electrons. The number of carbonyl (C=O) groups excluding carboxylic acids is 1. The fraction of sp³-hybridized carbons (Fsp3) is 0.250. The van der Waals surface area contributed by atoms with Crippen molar-refractivity contribution in [2.24, 2.45) is 0 Å². The lowest BCUT2D eigenvalue weighted by Gasteiger charge is -2.22. The highest BCUT2D eigenvalue weighted by molar-refractivity contribution is 5.95. The Morgan fingerprint density at radius 2 is 2.29 bits per heavy atom. The van der Waals surface area contributed by atoms with Gasteiger partial charge in [-0.25, -0.2) is 0 Å². The van der Waals surface area contributed by atoms with E-state index in [-0.39, 0.29) is 18.6 Å². The third-order valence-electron chi connectivity index (χ3n) is 3.40. The molecule has 1 amide bonds. The SMILES string of the molecule is CCNC(c1cccnc1)c1ccc2c(c1)NC(=O)CO2. The van der Waals surface area contributed by atoms with Gasteiger partial charge in [-0.1, -0.05) is 19.1 Å². The summed E-state index contributed by atoms with van der Waals surface area (Å²) in [5, 5.41) is 6.28. The fourth-order valence-electron chi connectivity index (χ4n) is 2.46. The first-order valence-corrected chi connectivity index (χ1v) is 6.98. The number of hydrogen-bond acceptors (Lipinski definition) is 4. The second-order valence-corrected chi connectivity index (χ2v) is 4.87. The Morgan fingerprint density at radius 1 is 1.38 bits per heavy atom. The van der Waals surface area contributed by atoms with Crippen LogP contribution in [0.25, 0.3) is 0 Å². The molecule has 5 nitrogen and oxygen atoms in total. The Balaban J connectivity index is 1.97. The molecule has 1 atom stereocenters. The lowest BCUT2D eigenvalue weighted by Crippen LogP contribution is -2.26. The summed E-state index contributed by atoms with van der Waals surface area (Å²) in [6.45, 7) is 2.97. The van der Waals surface area contributed by atoms with Crippen LogP contribution in [-0.4, -0.2) is 24.0 Å². The van der Waals surface area contributed by atoms with E-state index in [0.29, 0.717) is 5.75 Å². The zero-order chi connectivity index (χ0) is 14.7. The molecule has 1 aromatic heterocycles. The third kappa shape index (κ3) is 2.87. The summed E-state index contributed by atoms with van der Waals surface area (Å²) in [5.41, 5.74) is 2.87. The number of carbonyl (C=O) groups is 1. The molecule has 5 heteroatoms. The van der Waals surface area contributed by atoms with Crippen molar-refractivity contribution in [1.29, 1.82) is 0 Å². The van der Waals surface area contributed by atoms with E-state index in [0.717, 1.165) is 23.4 Å².